The van der Waals surface area contributed by atoms with E-state index in [0.717, 1.165) is 12.8 Å². The predicted molar refractivity (Wildman–Crippen MR) is 89.7 cm³/mol. The first-order valence-corrected chi connectivity index (χ1v) is 8.49. The normalized spacial score (nSPS) is 10.2. The van der Waals surface area contributed by atoms with E-state index in [-0.39, 0.29) is 18.9 Å². The minimum absolute atomic E-state index is 0. The molecule has 0 fully saturated rings. The van der Waals surface area contributed by atoms with E-state index in [1.807, 2.05) is 0 Å². The Bertz CT molecular complexity index is 195. The topological polar surface area (TPSA) is 37.3 Å². The molecular weight excluding hydrogens is 243 g/mol. The Hall–Kier alpha value is 0.0674. The molecule has 0 aliphatic carbocycles. The van der Waals surface area contributed by atoms with Crippen molar-refractivity contribution in [2.75, 3.05) is 0 Å². The molecule has 0 aromatic rings. The third kappa shape index (κ3) is 20.4. The van der Waals surface area contributed by atoms with Crippen molar-refractivity contribution in [3.63, 3.8) is 0 Å². The van der Waals surface area contributed by atoms with Crippen molar-refractivity contribution in [3.05, 3.63) is 0 Å². The molecule has 0 saturated heterocycles. The molecule has 0 unspecified atom stereocenters. The maximum absolute atomic E-state index is 10.3. The maximum atomic E-state index is 10.3. The van der Waals surface area contributed by atoms with Crippen LogP contribution in [0.4, 0.5) is 0 Å². The molecule has 0 spiro atoms. The number of carbonyl (C=O) groups is 1. The summed E-state index contributed by atoms with van der Waals surface area (Å²) in [5, 5.41) is 8.50. The summed E-state index contributed by atoms with van der Waals surface area (Å²) in [5.41, 5.74) is 0. The van der Waals surface area contributed by atoms with Crippen LogP contribution in [0.5, 0.6) is 0 Å². The molecule has 0 rings (SSSR count). The summed E-state index contributed by atoms with van der Waals surface area (Å²) in [4.78, 5) is 10.3. The molecule has 0 atom stereocenters. The molecule has 116 valence electrons. The van der Waals surface area contributed by atoms with Crippen LogP contribution in [0.3, 0.4) is 0 Å². The van der Waals surface area contributed by atoms with Crippen molar-refractivity contribution in [2.45, 2.75) is 103 Å². The van der Waals surface area contributed by atoms with Gasteiger partial charge >= 0.3 is 24.8 Å². The molecule has 0 radical (unpaired) electrons. The number of aliphatic carboxylic acids is 1. The molecule has 3 heteroatoms. The van der Waals surface area contributed by atoms with Crippen LogP contribution in [0.2, 0.25) is 0 Å². The van der Waals surface area contributed by atoms with E-state index in [1.165, 1.54) is 77.0 Å². The molecule has 0 saturated carbocycles. The molecule has 0 aromatic carbocycles. The Morgan fingerprint density at radius 3 is 1.25 bits per heavy atom. The van der Waals surface area contributed by atoms with Crippen molar-refractivity contribution < 1.29 is 9.90 Å². The second-order valence-corrected chi connectivity index (χ2v) is 5.74. The first-order chi connectivity index (χ1) is 9.27. The fourth-order valence-electron chi connectivity index (χ4n) is 2.47. The van der Waals surface area contributed by atoms with Crippen molar-refractivity contribution in [3.8, 4) is 0 Å². The van der Waals surface area contributed by atoms with Crippen molar-refractivity contribution >= 4 is 24.8 Å². The Labute approximate surface area is 138 Å². The molecule has 0 amide bonds. The van der Waals surface area contributed by atoms with E-state index < -0.39 is 5.97 Å². The Morgan fingerprint density at radius 2 is 0.950 bits per heavy atom. The van der Waals surface area contributed by atoms with E-state index in [4.69, 9.17) is 5.11 Å². The third-order valence-corrected chi connectivity index (χ3v) is 3.74. The zero-order valence-corrected chi connectivity index (χ0v) is 13.0. The number of carboxylic acid groups (broad SMARTS) is 1. The average molecular weight is 278 g/mol. The van der Waals surface area contributed by atoms with Crippen LogP contribution in [0, 0.1) is 0 Å². The molecule has 1 N–H and O–H groups in total. The Kier molecular flexibility index (Phi) is 21.3. The monoisotopic (exact) mass is 278 g/mol. The summed E-state index contributed by atoms with van der Waals surface area (Å²) in [6, 6.07) is 0. The molecule has 0 heterocycles. The fourth-order valence-corrected chi connectivity index (χ4v) is 2.47. The average Bonchev–Trinajstić information content (AvgIpc) is 2.39. The van der Waals surface area contributed by atoms with Crippen LogP contribution in [0.1, 0.15) is 103 Å². The zero-order chi connectivity index (χ0) is 14.2. The van der Waals surface area contributed by atoms with Crippen LogP contribution in [0.15, 0.2) is 0 Å². The van der Waals surface area contributed by atoms with Crippen LogP contribution in [-0.4, -0.2) is 29.9 Å². The van der Waals surface area contributed by atoms with Gasteiger partial charge in [-0.05, 0) is 6.42 Å². The van der Waals surface area contributed by atoms with Gasteiger partial charge in [0, 0.05) is 6.42 Å². The minimum atomic E-state index is -0.654. The number of rotatable bonds is 15. The number of carboxylic acids is 1. The van der Waals surface area contributed by atoms with Crippen LogP contribution in [-0.2, 0) is 4.79 Å². The van der Waals surface area contributed by atoms with Crippen LogP contribution < -0.4 is 0 Å². The fraction of sp³-hybridized carbons (Fsp3) is 0.941. The Balaban J connectivity index is 0. The van der Waals surface area contributed by atoms with E-state index in [2.05, 4.69) is 6.92 Å². The number of hydrogen-bond acceptors (Lipinski definition) is 1. The first-order valence-electron chi connectivity index (χ1n) is 8.49. The molecule has 0 aliphatic rings. The SMILES string of the molecule is CCCCCCCCCCCCCCCCC(=O)O.[LiH]. The van der Waals surface area contributed by atoms with Gasteiger partial charge in [0.1, 0.15) is 0 Å². The van der Waals surface area contributed by atoms with Crippen LogP contribution >= 0.6 is 0 Å². The van der Waals surface area contributed by atoms with E-state index in [9.17, 15) is 4.79 Å². The number of hydrogen-bond donors (Lipinski definition) is 1. The van der Waals surface area contributed by atoms with Gasteiger partial charge in [0.2, 0.25) is 0 Å². The summed E-state index contributed by atoms with van der Waals surface area (Å²) in [5.74, 6) is -0.654. The van der Waals surface area contributed by atoms with E-state index >= 15 is 0 Å². The summed E-state index contributed by atoms with van der Waals surface area (Å²) >= 11 is 0. The quantitative estimate of drug-likeness (QED) is 0.326. The molecule has 0 aliphatic heterocycles. The molecular formula is C17H35LiO2. The van der Waals surface area contributed by atoms with Crippen LogP contribution in [0.25, 0.3) is 0 Å². The summed E-state index contributed by atoms with van der Waals surface area (Å²) in [6.07, 6.45) is 18.7. The molecule has 2 nitrogen and oxygen atoms in total. The second-order valence-electron chi connectivity index (χ2n) is 5.74. The van der Waals surface area contributed by atoms with Gasteiger partial charge in [-0.25, -0.2) is 0 Å². The van der Waals surface area contributed by atoms with E-state index in [1.54, 1.807) is 0 Å². The van der Waals surface area contributed by atoms with Crippen molar-refractivity contribution in [1.82, 2.24) is 0 Å². The van der Waals surface area contributed by atoms with E-state index in [0.29, 0.717) is 6.42 Å². The standard InChI is InChI=1S/C17H34O2.Li.H/c1-2-3-4-5-6-7-8-9-10-11-12-13-14-15-16-17(18)19;;/h2-16H2,1H3,(H,18,19);;. The number of unbranched alkanes of at least 4 members (excludes halogenated alkanes) is 13. The van der Waals surface area contributed by atoms with Gasteiger partial charge in [-0.2, -0.15) is 0 Å². The Morgan fingerprint density at radius 1 is 0.650 bits per heavy atom. The first kappa shape index (κ1) is 22.4. The summed E-state index contributed by atoms with van der Waals surface area (Å²) in [7, 11) is 0. The van der Waals surface area contributed by atoms with Gasteiger partial charge in [0.25, 0.3) is 0 Å². The zero-order valence-electron chi connectivity index (χ0n) is 13.0. The van der Waals surface area contributed by atoms with Gasteiger partial charge in [0.15, 0.2) is 0 Å². The molecule has 0 aromatic heterocycles. The summed E-state index contributed by atoms with van der Waals surface area (Å²) < 4.78 is 0. The van der Waals surface area contributed by atoms with Gasteiger partial charge < -0.3 is 5.11 Å². The van der Waals surface area contributed by atoms with Gasteiger partial charge in [-0.15, -0.1) is 0 Å². The molecule has 0 bridgehead atoms. The van der Waals surface area contributed by atoms with Crippen molar-refractivity contribution in [2.24, 2.45) is 0 Å². The van der Waals surface area contributed by atoms with Gasteiger partial charge in [-0.1, -0.05) is 90.4 Å². The van der Waals surface area contributed by atoms with Gasteiger partial charge in [0.05, 0.1) is 0 Å². The van der Waals surface area contributed by atoms with Crippen molar-refractivity contribution in [1.29, 1.82) is 0 Å². The summed E-state index contributed by atoms with van der Waals surface area (Å²) in [6.45, 7) is 2.27. The third-order valence-electron chi connectivity index (χ3n) is 3.74. The van der Waals surface area contributed by atoms with Gasteiger partial charge in [-0.3, -0.25) is 4.79 Å². The molecule has 20 heavy (non-hydrogen) atoms. The second kappa shape index (κ2) is 19.1. The predicted octanol–water partition coefficient (Wildman–Crippen LogP) is 5.29.